The van der Waals surface area contributed by atoms with Gasteiger partial charge < -0.3 is 15.0 Å². The number of carbonyl (C=O) groups excluding carboxylic acids is 2. The number of pyridine rings is 1. The van der Waals surface area contributed by atoms with Crippen molar-refractivity contribution in [2.75, 3.05) is 20.2 Å². The van der Waals surface area contributed by atoms with Crippen LogP contribution in [0.1, 0.15) is 39.8 Å². The average Bonchev–Trinajstić information content (AvgIpc) is 3.37. The van der Waals surface area contributed by atoms with Crippen molar-refractivity contribution in [3.05, 3.63) is 82.3 Å². The number of methoxy groups -OCH3 is 1. The number of carbonyl (C=O) groups is 2. The number of nitrogens with zero attached hydrogens (tertiary/aromatic N) is 2. The highest BCUT2D eigenvalue weighted by atomic mass is 32.1. The monoisotopic (exact) mass is 435 g/mol. The third-order valence-corrected chi connectivity index (χ3v) is 6.44. The summed E-state index contributed by atoms with van der Waals surface area (Å²) in [7, 11) is 1.62. The highest BCUT2D eigenvalue weighted by Crippen LogP contribution is 2.26. The first-order valence-electron chi connectivity index (χ1n) is 10.3. The number of ether oxygens (including phenoxy) is 1. The summed E-state index contributed by atoms with van der Waals surface area (Å²) >= 11 is 1.45. The maximum absolute atomic E-state index is 13.1. The van der Waals surface area contributed by atoms with E-state index in [4.69, 9.17) is 4.74 Å². The zero-order valence-corrected chi connectivity index (χ0v) is 18.2. The van der Waals surface area contributed by atoms with Crippen LogP contribution in [0.25, 0.3) is 0 Å². The number of nitrogens with one attached hydrogen (secondary N) is 1. The number of likely N-dealkylation sites (tertiary alicyclic amines) is 1. The summed E-state index contributed by atoms with van der Waals surface area (Å²) in [4.78, 5) is 32.8. The van der Waals surface area contributed by atoms with E-state index in [9.17, 15) is 9.59 Å². The molecule has 2 amide bonds. The van der Waals surface area contributed by atoms with Gasteiger partial charge in [-0.25, -0.2) is 0 Å². The fraction of sp³-hybridized carbons (Fsp3) is 0.292. The summed E-state index contributed by atoms with van der Waals surface area (Å²) < 4.78 is 5.36. The van der Waals surface area contributed by atoms with Crippen LogP contribution in [0.15, 0.2) is 66.2 Å². The molecule has 1 saturated heterocycles. The summed E-state index contributed by atoms with van der Waals surface area (Å²) in [5, 5.41) is 5.09. The topological polar surface area (TPSA) is 71.5 Å². The lowest BCUT2D eigenvalue weighted by Crippen LogP contribution is -2.43. The number of amides is 2. The first-order valence-corrected chi connectivity index (χ1v) is 11.2. The molecule has 31 heavy (non-hydrogen) atoms. The SMILES string of the molecule is COc1cccc(C(NC(=O)C2CCN(C(=O)c3cccs3)CC2)c2ccccn2)c1. The van der Waals surface area contributed by atoms with E-state index in [0.29, 0.717) is 25.9 Å². The summed E-state index contributed by atoms with van der Waals surface area (Å²) in [5.74, 6) is 0.635. The molecule has 1 aliphatic rings. The Morgan fingerprint density at radius 3 is 2.65 bits per heavy atom. The number of hydrogen-bond donors (Lipinski definition) is 1. The second-order valence-electron chi connectivity index (χ2n) is 7.52. The van der Waals surface area contributed by atoms with Gasteiger partial charge in [0.2, 0.25) is 5.91 Å². The molecular formula is C24H25N3O3S. The molecule has 1 aromatic carbocycles. The molecule has 0 bridgehead atoms. The van der Waals surface area contributed by atoms with Crippen LogP contribution in [0.2, 0.25) is 0 Å². The minimum Gasteiger partial charge on any atom is -0.497 e. The van der Waals surface area contributed by atoms with Gasteiger partial charge in [0.15, 0.2) is 0 Å². The van der Waals surface area contributed by atoms with Crippen molar-refractivity contribution in [1.82, 2.24) is 15.2 Å². The summed E-state index contributed by atoms with van der Waals surface area (Å²) in [6, 6.07) is 16.7. The Bertz CT molecular complexity index is 1020. The van der Waals surface area contributed by atoms with Gasteiger partial charge in [-0.2, -0.15) is 0 Å². The molecule has 0 saturated carbocycles. The van der Waals surface area contributed by atoms with Crippen LogP contribution in [0.4, 0.5) is 0 Å². The second kappa shape index (κ2) is 9.75. The van der Waals surface area contributed by atoms with Crippen LogP contribution in [0.3, 0.4) is 0 Å². The first kappa shape index (κ1) is 21.1. The lowest BCUT2D eigenvalue weighted by atomic mass is 9.94. The Balaban J connectivity index is 1.45. The van der Waals surface area contributed by atoms with Crippen molar-refractivity contribution in [2.45, 2.75) is 18.9 Å². The smallest absolute Gasteiger partial charge is 0.263 e. The van der Waals surface area contributed by atoms with Gasteiger partial charge in [-0.15, -0.1) is 11.3 Å². The Kier molecular flexibility index (Phi) is 6.62. The predicted molar refractivity (Wildman–Crippen MR) is 120 cm³/mol. The molecule has 0 aliphatic carbocycles. The molecule has 1 aliphatic heterocycles. The van der Waals surface area contributed by atoms with Crippen LogP contribution < -0.4 is 10.1 Å². The van der Waals surface area contributed by atoms with Crippen molar-refractivity contribution in [3.8, 4) is 5.75 Å². The molecule has 1 N–H and O–H groups in total. The van der Waals surface area contributed by atoms with Crippen molar-refractivity contribution in [2.24, 2.45) is 5.92 Å². The average molecular weight is 436 g/mol. The Morgan fingerprint density at radius 2 is 1.97 bits per heavy atom. The van der Waals surface area contributed by atoms with Gasteiger partial charge in [0.25, 0.3) is 5.91 Å². The summed E-state index contributed by atoms with van der Waals surface area (Å²) in [6.07, 6.45) is 3.02. The molecule has 0 radical (unpaired) electrons. The van der Waals surface area contributed by atoms with Gasteiger partial charge in [0.1, 0.15) is 5.75 Å². The van der Waals surface area contributed by atoms with E-state index in [1.807, 2.05) is 64.9 Å². The predicted octanol–water partition coefficient (Wildman–Crippen LogP) is 3.91. The van der Waals surface area contributed by atoms with Gasteiger partial charge >= 0.3 is 0 Å². The van der Waals surface area contributed by atoms with Crippen LogP contribution >= 0.6 is 11.3 Å². The standard InChI is InChI=1S/C24H25N3O3S/c1-30-19-7-4-6-18(16-19)22(20-8-2-3-12-25-20)26-23(28)17-10-13-27(14-11-17)24(29)21-9-5-15-31-21/h2-9,12,15-17,22H,10-11,13-14H2,1H3,(H,26,28). The van der Waals surface area contributed by atoms with Gasteiger partial charge in [0, 0.05) is 25.2 Å². The molecule has 7 heteroatoms. The lowest BCUT2D eigenvalue weighted by Gasteiger charge is -2.32. The van der Waals surface area contributed by atoms with Crippen molar-refractivity contribution in [3.63, 3.8) is 0 Å². The largest absolute Gasteiger partial charge is 0.497 e. The second-order valence-corrected chi connectivity index (χ2v) is 8.46. The Hall–Kier alpha value is -3.19. The van der Waals surface area contributed by atoms with Crippen molar-refractivity contribution in [1.29, 1.82) is 0 Å². The van der Waals surface area contributed by atoms with E-state index < -0.39 is 0 Å². The number of aromatic nitrogens is 1. The fourth-order valence-electron chi connectivity index (χ4n) is 3.86. The van der Waals surface area contributed by atoms with E-state index in [1.54, 1.807) is 13.3 Å². The zero-order valence-electron chi connectivity index (χ0n) is 17.4. The maximum Gasteiger partial charge on any atom is 0.263 e. The number of benzene rings is 1. The number of thiophene rings is 1. The quantitative estimate of drug-likeness (QED) is 0.637. The summed E-state index contributed by atoms with van der Waals surface area (Å²) in [6.45, 7) is 1.17. The Morgan fingerprint density at radius 1 is 1.13 bits per heavy atom. The van der Waals surface area contributed by atoms with Crippen molar-refractivity contribution >= 4 is 23.2 Å². The van der Waals surface area contributed by atoms with Crippen molar-refractivity contribution < 1.29 is 14.3 Å². The van der Waals surface area contributed by atoms with Gasteiger partial charge in [0.05, 0.1) is 23.7 Å². The number of piperidine rings is 1. The van der Waals surface area contributed by atoms with Gasteiger partial charge in [-0.3, -0.25) is 14.6 Å². The molecule has 1 fully saturated rings. The van der Waals surface area contributed by atoms with E-state index in [-0.39, 0.29) is 23.8 Å². The molecule has 3 aromatic rings. The fourth-order valence-corrected chi connectivity index (χ4v) is 4.55. The van der Waals surface area contributed by atoms with Crippen LogP contribution in [-0.2, 0) is 4.79 Å². The van der Waals surface area contributed by atoms with E-state index in [2.05, 4.69) is 10.3 Å². The van der Waals surface area contributed by atoms with Crippen LogP contribution in [0.5, 0.6) is 5.75 Å². The minimum absolute atomic E-state index is 0.0123. The molecule has 3 heterocycles. The molecular weight excluding hydrogens is 410 g/mol. The van der Waals surface area contributed by atoms with Crippen LogP contribution in [0, 0.1) is 5.92 Å². The number of hydrogen-bond acceptors (Lipinski definition) is 5. The van der Waals surface area contributed by atoms with Gasteiger partial charge in [-0.05, 0) is 54.1 Å². The molecule has 0 spiro atoms. The van der Waals surface area contributed by atoms with E-state index in [0.717, 1.165) is 21.9 Å². The third kappa shape index (κ3) is 4.94. The summed E-state index contributed by atoms with van der Waals surface area (Å²) in [5.41, 5.74) is 1.69. The molecule has 1 unspecified atom stereocenters. The number of rotatable bonds is 6. The minimum atomic E-state index is -0.366. The first-order chi connectivity index (χ1) is 15.2. The highest BCUT2D eigenvalue weighted by Gasteiger charge is 2.30. The zero-order chi connectivity index (χ0) is 21.6. The highest BCUT2D eigenvalue weighted by molar-refractivity contribution is 7.12. The van der Waals surface area contributed by atoms with E-state index in [1.165, 1.54) is 11.3 Å². The van der Waals surface area contributed by atoms with E-state index >= 15 is 0 Å². The normalized spacial score (nSPS) is 15.3. The maximum atomic E-state index is 13.1. The molecule has 1 atom stereocenters. The Labute approximate surface area is 185 Å². The molecule has 4 rings (SSSR count). The van der Waals surface area contributed by atoms with Gasteiger partial charge in [-0.1, -0.05) is 24.3 Å². The molecule has 2 aromatic heterocycles. The molecule has 160 valence electrons. The molecule has 6 nitrogen and oxygen atoms in total. The van der Waals surface area contributed by atoms with Crippen LogP contribution in [-0.4, -0.2) is 41.9 Å². The lowest BCUT2D eigenvalue weighted by molar-refractivity contribution is -0.126. The third-order valence-electron chi connectivity index (χ3n) is 5.58.